The molecule has 0 aliphatic rings. The van der Waals surface area contributed by atoms with Gasteiger partial charge in [0.25, 0.3) is 11.1 Å². The highest BCUT2D eigenvalue weighted by Gasteiger charge is 2.36. The molecule has 0 aromatic carbocycles. The monoisotopic (exact) mass is 269 g/mol. The topological polar surface area (TPSA) is 64.1 Å². The Kier molecular flexibility index (Phi) is 4.27. The SMILES string of the molecule is CC(C)NC(=O)COc1nnc(C(F)(F)F)s1. The van der Waals surface area contributed by atoms with Crippen LogP contribution in [0.1, 0.15) is 18.9 Å². The van der Waals surface area contributed by atoms with Crippen molar-refractivity contribution in [3.05, 3.63) is 5.01 Å². The molecule has 0 unspecified atom stereocenters. The van der Waals surface area contributed by atoms with Gasteiger partial charge in [-0.05, 0) is 13.8 Å². The molecule has 1 amide bonds. The maximum absolute atomic E-state index is 12.1. The number of carbonyl (C=O) groups excluding carboxylic acids is 1. The molecule has 1 aromatic rings. The molecule has 0 saturated heterocycles. The lowest BCUT2D eigenvalue weighted by atomic mass is 10.4. The number of hydrogen-bond donors (Lipinski definition) is 1. The molecule has 0 fully saturated rings. The van der Waals surface area contributed by atoms with Crippen molar-refractivity contribution in [2.24, 2.45) is 0 Å². The van der Waals surface area contributed by atoms with Gasteiger partial charge in [0.15, 0.2) is 6.61 Å². The van der Waals surface area contributed by atoms with E-state index in [1.807, 2.05) is 0 Å². The molecule has 1 N–H and O–H groups in total. The van der Waals surface area contributed by atoms with Crippen molar-refractivity contribution < 1.29 is 22.7 Å². The van der Waals surface area contributed by atoms with Crippen LogP contribution in [0.4, 0.5) is 13.2 Å². The van der Waals surface area contributed by atoms with Crippen LogP contribution in [0.25, 0.3) is 0 Å². The summed E-state index contributed by atoms with van der Waals surface area (Å²) in [4.78, 5) is 11.1. The third kappa shape index (κ3) is 4.55. The van der Waals surface area contributed by atoms with Crippen LogP contribution < -0.4 is 10.1 Å². The van der Waals surface area contributed by atoms with Crippen molar-refractivity contribution >= 4 is 17.2 Å². The van der Waals surface area contributed by atoms with E-state index in [1.54, 1.807) is 13.8 Å². The Balaban J connectivity index is 2.48. The number of halogens is 3. The summed E-state index contributed by atoms with van der Waals surface area (Å²) >= 11 is 0.251. The first-order chi connectivity index (χ1) is 7.79. The molecule has 0 saturated carbocycles. The number of rotatable bonds is 4. The lowest BCUT2D eigenvalue weighted by molar-refractivity contribution is -0.138. The fourth-order valence-electron chi connectivity index (χ4n) is 0.874. The van der Waals surface area contributed by atoms with Gasteiger partial charge in [0.05, 0.1) is 0 Å². The van der Waals surface area contributed by atoms with Crippen molar-refractivity contribution in [2.45, 2.75) is 26.1 Å². The van der Waals surface area contributed by atoms with Gasteiger partial charge in [-0.15, -0.1) is 5.10 Å². The van der Waals surface area contributed by atoms with Crippen molar-refractivity contribution in [1.82, 2.24) is 15.5 Å². The summed E-state index contributed by atoms with van der Waals surface area (Å²) in [5, 5.41) is 7.23. The van der Waals surface area contributed by atoms with Gasteiger partial charge < -0.3 is 10.1 Å². The maximum Gasteiger partial charge on any atom is 0.445 e. The first-order valence-corrected chi connectivity index (χ1v) is 5.43. The van der Waals surface area contributed by atoms with Crippen LogP contribution in [-0.2, 0) is 11.0 Å². The number of ether oxygens (including phenoxy) is 1. The maximum atomic E-state index is 12.1. The molecule has 9 heteroatoms. The van der Waals surface area contributed by atoms with E-state index in [2.05, 4.69) is 15.5 Å². The molecule has 5 nitrogen and oxygen atoms in total. The van der Waals surface area contributed by atoms with E-state index in [0.717, 1.165) is 0 Å². The second-order valence-electron chi connectivity index (χ2n) is 3.38. The average molecular weight is 269 g/mol. The molecule has 0 aliphatic carbocycles. The van der Waals surface area contributed by atoms with Gasteiger partial charge in [0.2, 0.25) is 5.01 Å². The van der Waals surface area contributed by atoms with Crippen molar-refractivity contribution in [3.63, 3.8) is 0 Å². The van der Waals surface area contributed by atoms with Gasteiger partial charge in [-0.1, -0.05) is 16.4 Å². The zero-order chi connectivity index (χ0) is 13.1. The Bertz CT molecular complexity index is 392. The van der Waals surface area contributed by atoms with Gasteiger partial charge in [0.1, 0.15) is 0 Å². The first-order valence-electron chi connectivity index (χ1n) is 4.62. The van der Waals surface area contributed by atoms with Crippen LogP contribution in [0.5, 0.6) is 5.19 Å². The molecule has 17 heavy (non-hydrogen) atoms. The highest BCUT2D eigenvalue weighted by atomic mass is 32.1. The molecular weight excluding hydrogens is 259 g/mol. The molecule has 0 aliphatic heterocycles. The lowest BCUT2D eigenvalue weighted by Gasteiger charge is -2.07. The summed E-state index contributed by atoms with van der Waals surface area (Å²) in [6.07, 6.45) is -4.54. The molecule has 0 atom stereocenters. The number of amides is 1. The fraction of sp³-hybridized carbons (Fsp3) is 0.625. The molecule has 0 spiro atoms. The normalized spacial score (nSPS) is 11.6. The summed E-state index contributed by atoms with van der Waals surface area (Å²) in [6, 6.07) is -0.0637. The third-order valence-corrected chi connectivity index (χ3v) is 2.31. The van der Waals surface area contributed by atoms with Gasteiger partial charge in [-0.25, -0.2) is 0 Å². The average Bonchev–Trinajstić information content (AvgIpc) is 2.61. The lowest BCUT2D eigenvalue weighted by Crippen LogP contribution is -2.34. The minimum absolute atomic E-state index is 0.0637. The summed E-state index contributed by atoms with van der Waals surface area (Å²) in [5.41, 5.74) is 0. The summed E-state index contributed by atoms with van der Waals surface area (Å²) in [6.45, 7) is 3.12. The van der Waals surface area contributed by atoms with Gasteiger partial charge >= 0.3 is 6.18 Å². The van der Waals surface area contributed by atoms with E-state index in [4.69, 9.17) is 4.74 Å². The van der Waals surface area contributed by atoms with E-state index >= 15 is 0 Å². The van der Waals surface area contributed by atoms with Crippen LogP contribution in [-0.4, -0.2) is 28.8 Å². The predicted octanol–water partition coefficient (Wildman–Crippen LogP) is 1.46. The van der Waals surface area contributed by atoms with Crippen molar-refractivity contribution in [3.8, 4) is 5.19 Å². The number of nitrogens with zero attached hydrogens (tertiary/aromatic N) is 2. The standard InChI is InChI=1S/C8H10F3N3O2S/c1-4(2)12-5(15)3-16-7-14-13-6(17-7)8(9,10)11/h4H,3H2,1-2H3,(H,12,15). The van der Waals surface area contributed by atoms with E-state index in [-0.39, 0.29) is 29.2 Å². The van der Waals surface area contributed by atoms with Crippen LogP contribution in [0.2, 0.25) is 0 Å². The largest absolute Gasteiger partial charge is 0.459 e. The molecule has 0 radical (unpaired) electrons. The number of carbonyl (C=O) groups is 1. The highest BCUT2D eigenvalue weighted by Crippen LogP contribution is 2.33. The minimum Gasteiger partial charge on any atom is -0.459 e. The molecule has 0 bridgehead atoms. The van der Waals surface area contributed by atoms with Gasteiger partial charge in [-0.3, -0.25) is 4.79 Å². The summed E-state index contributed by atoms with van der Waals surface area (Å²) < 4.78 is 41.2. The number of nitrogens with one attached hydrogen (secondary N) is 1. The summed E-state index contributed by atoms with van der Waals surface area (Å²) in [7, 11) is 0. The molecule has 96 valence electrons. The third-order valence-electron chi connectivity index (χ3n) is 1.43. The molecule has 1 heterocycles. The van der Waals surface area contributed by atoms with E-state index in [0.29, 0.717) is 0 Å². The van der Waals surface area contributed by atoms with Crippen LogP contribution in [0.15, 0.2) is 0 Å². The second kappa shape index (κ2) is 5.30. The fourth-order valence-corrected chi connectivity index (χ4v) is 1.44. The first kappa shape index (κ1) is 13.7. The smallest absolute Gasteiger partial charge is 0.445 e. The Labute approximate surface area is 99.0 Å². The van der Waals surface area contributed by atoms with Gasteiger partial charge in [-0.2, -0.15) is 13.2 Å². The van der Waals surface area contributed by atoms with Crippen LogP contribution in [0.3, 0.4) is 0 Å². The Hall–Kier alpha value is -1.38. The molecular formula is C8H10F3N3O2S. The van der Waals surface area contributed by atoms with Crippen molar-refractivity contribution in [2.75, 3.05) is 6.61 Å². The molecule has 1 aromatic heterocycles. The Morgan fingerprint density at radius 2 is 2.12 bits per heavy atom. The summed E-state index contributed by atoms with van der Waals surface area (Å²) in [5.74, 6) is -0.427. The van der Waals surface area contributed by atoms with E-state index in [9.17, 15) is 18.0 Å². The zero-order valence-electron chi connectivity index (χ0n) is 9.04. The van der Waals surface area contributed by atoms with Crippen LogP contribution in [0, 0.1) is 0 Å². The Morgan fingerprint density at radius 1 is 1.47 bits per heavy atom. The molecule has 1 rings (SSSR count). The van der Waals surface area contributed by atoms with E-state index in [1.165, 1.54) is 0 Å². The number of aromatic nitrogens is 2. The van der Waals surface area contributed by atoms with Crippen LogP contribution >= 0.6 is 11.3 Å². The van der Waals surface area contributed by atoms with E-state index < -0.39 is 17.1 Å². The zero-order valence-corrected chi connectivity index (χ0v) is 9.85. The predicted molar refractivity (Wildman–Crippen MR) is 53.7 cm³/mol. The number of hydrogen-bond acceptors (Lipinski definition) is 5. The quantitative estimate of drug-likeness (QED) is 0.898. The number of alkyl halides is 3. The minimum atomic E-state index is -4.54. The second-order valence-corrected chi connectivity index (χ2v) is 4.32. The Morgan fingerprint density at radius 3 is 2.59 bits per heavy atom. The van der Waals surface area contributed by atoms with Crippen molar-refractivity contribution in [1.29, 1.82) is 0 Å². The van der Waals surface area contributed by atoms with Gasteiger partial charge in [0, 0.05) is 6.04 Å². The highest BCUT2D eigenvalue weighted by molar-refractivity contribution is 7.13.